The molecule has 0 spiro atoms. The van der Waals surface area contributed by atoms with Crippen LogP contribution < -0.4 is 20.3 Å². The summed E-state index contributed by atoms with van der Waals surface area (Å²) in [6.07, 6.45) is 1.39. The van der Waals surface area contributed by atoms with Crippen molar-refractivity contribution in [2.24, 2.45) is 5.10 Å². The van der Waals surface area contributed by atoms with Gasteiger partial charge in [-0.3, -0.25) is 9.59 Å². The SMILES string of the molecule is COc1cc(Cl)cc(C=Nn2c(-c3cc4cc(Cl)ccc4o3)nc3ccccc3c2=O)c1OCC(=O)Nc1ccc(C)cc1. The molecule has 220 valence electrons. The van der Waals surface area contributed by atoms with E-state index in [1.165, 1.54) is 13.3 Å². The van der Waals surface area contributed by atoms with Gasteiger partial charge in [-0.2, -0.15) is 9.78 Å². The van der Waals surface area contributed by atoms with E-state index in [0.29, 0.717) is 43.5 Å². The van der Waals surface area contributed by atoms with Crippen molar-refractivity contribution in [3.8, 4) is 23.1 Å². The number of benzene rings is 4. The van der Waals surface area contributed by atoms with E-state index >= 15 is 0 Å². The number of hydrogen-bond acceptors (Lipinski definition) is 7. The summed E-state index contributed by atoms with van der Waals surface area (Å²) in [7, 11) is 1.45. The maximum atomic E-state index is 13.7. The highest BCUT2D eigenvalue weighted by Crippen LogP contribution is 2.34. The molecule has 0 saturated heterocycles. The Morgan fingerprint density at radius 3 is 2.61 bits per heavy atom. The van der Waals surface area contributed by atoms with Crippen LogP contribution in [0, 0.1) is 6.92 Å². The van der Waals surface area contributed by atoms with Crippen molar-refractivity contribution in [2.75, 3.05) is 19.0 Å². The second-order valence-corrected chi connectivity index (χ2v) is 10.7. The average molecular weight is 627 g/mol. The fourth-order valence-electron chi connectivity index (χ4n) is 4.60. The van der Waals surface area contributed by atoms with Crippen LogP contribution >= 0.6 is 23.2 Å². The number of fused-ring (bicyclic) bond motifs is 2. The van der Waals surface area contributed by atoms with E-state index in [2.05, 4.69) is 10.4 Å². The van der Waals surface area contributed by atoms with Crippen LogP contribution in [-0.2, 0) is 4.79 Å². The first-order valence-electron chi connectivity index (χ1n) is 13.4. The number of carbonyl (C=O) groups is 1. The summed E-state index contributed by atoms with van der Waals surface area (Å²) in [4.78, 5) is 31.1. The molecule has 0 aliphatic carbocycles. The van der Waals surface area contributed by atoms with Gasteiger partial charge in [0.1, 0.15) is 5.58 Å². The number of furan rings is 1. The first-order chi connectivity index (χ1) is 21.3. The van der Waals surface area contributed by atoms with Crippen LogP contribution in [0.5, 0.6) is 11.5 Å². The largest absolute Gasteiger partial charge is 0.493 e. The molecule has 0 bridgehead atoms. The summed E-state index contributed by atoms with van der Waals surface area (Å²) in [5.74, 6) is 0.597. The Morgan fingerprint density at radius 2 is 1.82 bits per heavy atom. The van der Waals surface area contributed by atoms with Crippen LogP contribution in [0.2, 0.25) is 10.0 Å². The molecule has 2 heterocycles. The van der Waals surface area contributed by atoms with Crippen LogP contribution in [0.25, 0.3) is 33.5 Å². The fraction of sp³-hybridized carbons (Fsp3) is 0.0909. The third-order valence-electron chi connectivity index (χ3n) is 6.72. The first kappa shape index (κ1) is 29.0. The molecule has 0 aliphatic heterocycles. The Kier molecular flexibility index (Phi) is 8.06. The van der Waals surface area contributed by atoms with Gasteiger partial charge < -0.3 is 19.2 Å². The third-order valence-corrected chi connectivity index (χ3v) is 7.17. The molecule has 0 radical (unpaired) electrons. The predicted octanol–water partition coefficient (Wildman–Crippen LogP) is 7.33. The number of ether oxygens (including phenoxy) is 2. The van der Waals surface area contributed by atoms with Crippen molar-refractivity contribution >= 4 is 62.9 Å². The number of aromatic nitrogens is 2. The number of nitrogens with zero attached hydrogens (tertiary/aromatic N) is 3. The number of carbonyl (C=O) groups excluding carboxylic acids is 1. The van der Waals surface area contributed by atoms with E-state index in [1.54, 1.807) is 72.8 Å². The molecule has 0 unspecified atom stereocenters. The van der Waals surface area contributed by atoms with E-state index < -0.39 is 5.56 Å². The lowest BCUT2D eigenvalue weighted by atomic mass is 10.2. The van der Waals surface area contributed by atoms with E-state index in [1.807, 2.05) is 19.1 Å². The number of para-hydroxylation sites is 1. The first-order valence-corrected chi connectivity index (χ1v) is 14.2. The maximum absolute atomic E-state index is 13.7. The molecule has 0 saturated carbocycles. The van der Waals surface area contributed by atoms with Crippen molar-refractivity contribution in [3.05, 3.63) is 116 Å². The maximum Gasteiger partial charge on any atom is 0.282 e. The lowest BCUT2D eigenvalue weighted by molar-refractivity contribution is -0.118. The van der Waals surface area contributed by atoms with Crippen LogP contribution in [0.4, 0.5) is 5.69 Å². The molecule has 44 heavy (non-hydrogen) atoms. The molecular weight excluding hydrogens is 603 g/mol. The van der Waals surface area contributed by atoms with Gasteiger partial charge in [-0.25, -0.2) is 4.98 Å². The number of hydrogen-bond donors (Lipinski definition) is 1. The van der Waals surface area contributed by atoms with Gasteiger partial charge in [0.05, 0.1) is 24.2 Å². The van der Waals surface area contributed by atoms with Gasteiger partial charge in [0.2, 0.25) is 5.82 Å². The van der Waals surface area contributed by atoms with E-state index in [-0.39, 0.29) is 29.8 Å². The molecule has 0 fully saturated rings. The molecule has 6 aromatic rings. The molecule has 2 aromatic heterocycles. The monoisotopic (exact) mass is 626 g/mol. The number of nitrogens with one attached hydrogen (secondary N) is 1. The van der Waals surface area contributed by atoms with Crippen LogP contribution in [0.15, 0.2) is 99.2 Å². The molecule has 11 heteroatoms. The van der Waals surface area contributed by atoms with Gasteiger partial charge >= 0.3 is 0 Å². The Bertz CT molecular complexity index is 2120. The van der Waals surface area contributed by atoms with Gasteiger partial charge in [0.15, 0.2) is 23.9 Å². The summed E-state index contributed by atoms with van der Waals surface area (Å²) in [6, 6.07) is 24.4. The van der Waals surface area contributed by atoms with Crippen molar-refractivity contribution in [3.63, 3.8) is 0 Å². The Labute approximate surface area is 261 Å². The van der Waals surface area contributed by atoms with Gasteiger partial charge in [0, 0.05) is 32.7 Å². The lowest BCUT2D eigenvalue weighted by Gasteiger charge is -2.14. The van der Waals surface area contributed by atoms with Crippen molar-refractivity contribution in [1.29, 1.82) is 0 Å². The minimum Gasteiger partial charge on any atom is -0.493 e. The summed E-state index contributed by atoms with van der Waals surface area (Å²) in [5, 5.41) is 9.28. The highest BCUT2D eigenvalue weighted by atomic mass is 35.5. The molecule has 4 aromatic carbocycles. The molecule has 1 N–H and O–H groups in total. The minimum atomic E-state index is -0.422. The van der Waals surface area contributed by atoms with E-state index in [0.717, 1.165) is 15.6 Å². The van der Waals surface area contributed by atoms with Crippen LogP contribution in [0.3, 0.4) is 0 Å². The number of methoxy groups -OCH3 is 1. The summed E-state index contributed by atoms with van der Waals surface area (Å²) in [5.41, 5.74) is 2.70. The number of rotatable bonds is 8. The van der Waals surface area contributed by atoms with Crippen molar-refractivity contribution in [1.82, 2.24) is 9.66 Å². The second kappa shape index (κ2) is 12.2. The van der Waals surface area contributed by atoms with E-state index in [4.69, 9.17) is 42.1 Å². The van der Waals surface area contributed by atoms with Gasteiger partial charge in [-0.1, -0.05) is 53.0 Å². The zero-order valence-corrected chi connectivity index (χ0v) is 25.0. The standard InChI is InChI=1S/C33H24Cl2N4O5/c1-19-7-10-24(11-8-19)37-30(40)18-43-31-21(14-23(35)16-28(31)42-2)17-36-39-32(38-26-6-4-3-5-25(26)33(39)41)29-15-20-13-22(34)9-12-27(20)44-29/h3-17H,18H2,1-2H3,(H,37,40). The van der Waals surface area contributed by atoms with Gasteiger partial charge in [0.25, 0.3) is 11.5 Å². The smallest absolute Gasteiger partial charge is 0.282 e. The number of halogens is 2. The molecule has 0 aliphatic rings. The normalized spacial score (nSPS) is 11.4. The summed E-state index contributed by atoms with van der Waals surface area (Å²) < 4.78 is 18.6. The number of aryl methyl sites for hydroxylation is 1. The minimum absolute atomic E-state index is 0.172. The summed E-state index contributed by atoms with van der Waals surface area (Å²) >= 11 is 12.6. The topological polar surface area (TPSA) is 108 Å². The molecule has 1 amide bonds. The number of amides is 1. The van der Waals surface area contributed by atoms with Crippen molar-refractivity contribution in [2.45, 2.75) is 6.92 Å². The Hall–Kier alpha value is -5.12. The van der Waals surface area contributed by atoms with Crippen molar-refractivity contribution < 1.29 is 18.7 Å². The Morgan fingerprint density at radius 1 is 1.02 bits per heavy atom. The molecule has 0 atom stereocenters. The number of anilines is 1. The zero-order chi connectivity index (χ0) is 30.8. The van der Waals surface area contributed by atoms with E-state index in [9.17, 15) is 9.59 Å². The fourth-order valence-corrected chi connectivity index (χ4v) is 4.99. The van der Waals surface area contributed by atoms with Gasteiger partial charge in [-0.05, 0) is 61.5 Å². The molecule has 6 rings (SSSR count). The second-order valence-electron chi connectivity index (χ2n) is 9.84. The Balaban J connectivity index is 1.39. The molecule has 9 nitrogen and oxygen atoms in total. The highest BCUT2D eigenvalue weighted by Gasteiger charge is 2.18. The quantitative estimate of drug-likeness (QED) is 0.177. The predicted molar refractivity (Wildman–Crippen MR) is 173 cm³/mol. The third kappa shape index (κ3) is 6.01. The average Bonchev–Trinajstić information content (AvgIpc) is 3.44. The summed E-state index contributed by atoms with van der Waals surface area (Å²) in [6.45, 7) is 1.64. The highest BCUT2D eigenvalue weighted by molar-refractivity contribution is 6.31. The molecular formula is C33H24Cl2N4O5. The zero-order valence-electron chi connectivity index (χ0n) is 23.5. The van der Waals surface area contributed by atoms with Crippen LogP contribution in [0.1, 0.15) is 11.1 Å². The van der Waals surface area contributed by atoms with Gasteiger partial charge in [-0.15, -0.1) is 0 Å². The van der Waals surface area contributed by atoms with Crippen LogP contribution in [-0.4, -0.2) is 35.5 Å². The lowest BCUT2D eigenvalue weighted by Crippen LogP contribution is -2.21.